The average Bonchev–Trinajstić information content (AvgIpc) is 2.23. The van der Waals surface area contributed by atoms with E-state index < -0.39 is 0 Å². The zero-order valence-electron chi connectivity index (χ0n) is 9.56. The normalized spacial score (nSPS) is 9.73. The number of carbonyl (C=O) groups excluding carboxylic acids is 2. The molecule has 0 aliphatic rings. The standard InChI is InChI=1S/C10H21N3O2/c1-3-6-12-9(14)5-7-13-10(15)8-11-4-2/h11H,3-8H2,1-2H3,(H,12,14)(H,13,15). The van der Waals surface area contributed by atoms with E-state index in [1.807, 2.05) is 13.8 Å². The van der Waals surface area contributed by atoms with Crippen molar-refractivity contribution >= 4 is 11.8 Å². The summed E-state index contributed by atoms with van der Waals surface area (Å²) < 4.78 is 0. The largest absolute Gasteiger partial charge is 0.356 e. The van der Waals surface area contributed by atoms with Gasteiger partial charge in [-0.25, -0.2) is 0 Å². The molecule has 0 aliphatic carbocycles. The minimum atomic E-state index is -0.0693. The van der Waals surface area contributed by atoms with Crippen molar-refractivity contribution in [2.24, 2.45) is 0 Å². The summed E-state index contributed by atoms with van der Waals surface area (Å²) in [6.07, 6.45) is 1.27. The van der Waals surface area contributed by atoms with E-state index in [0.717, 1.165) is 13.0 Å². The van der Waals surface area contributed by atoms with Crippen LogP contribution in [0, 0.1) is 0 Å². The maximum Gasteiger partial charge on any atom is 0.233 e. The molecule has 3 N–H and O–H groups in total. The van der Waals surface area contributed by atoms with Crippen molar-refractivity contribution < 1.29 is 9.59 Å². The van der Waals surface area contributed by atoms with E-state index in [1.54, 1.807) is 0 Å². The molecule has 0 aliphatic heterocycles. The number of hydrogen-bond donors (Lipinski definition) is 3. The fraction of sp³-hybridized carbons (Fsp3) is 0.800. The van der Waals surface area contributed by atoms with Gasteiger partial charge in [0.2, 0.25) is 11.8 Å². The molecular weight excluding hydrogens is 194 g/mol. The van der Waals surface area contributed by atoms with Crippen LogP contribution in [0.2, 0.25) is 0 Å². The lowest BCUT2D eigenvalue weighted by Gasteiger charge is -2.05. The van der Waals surface area contributed by atoms with Gasteiger partial charge in [0, 0.05) is 19.5 Å². The molecule has 0 heterocycles. The van der Waals surface area contributed by atoms with E-state index in [1.165, 1.54) is 0 Å². The molecule has 0 aromatic heterocycles. The highest BCUT2D eigenvalue weighted by Crippen LogP contribution is 1.79. The van der Waals surface area contributed by atoms with Crippen molar-refractivity contribution in [2.75, 3.05) is 26.2 Å². The number of carbonyl (C=O) groups is 2. The summed E-state index contributed by atoms with van der Waals surface area (Å²) in [6.45, 7) is 6.12. The van der Waals surface area contributed by atoms with E-state index >= 15 is 0 Å². The number of rotatable bonds is 8. The summed E-state index contributed by atoms with van der Waals surface area (Å²) in [6, 6.07) is 0. The van der Waals surface area contributed by atoms with Crippen molar-refractivity contribution in [2.45, 2.75) is 26.7 Å². The third-order valence-electron chi connectivity index (χ3n) is 1.78. The van der Waals surface area contributed by atoms with Crippen molar-refractivity contribution in [1.82, 2.24) is 16.0 Å². The van der Waals surface area contributed by atoms with Crippen molar-refractivity contribution in [3.05, 3.63) is 0 Å². The van der Waals surface area contributed by atoms with Crippen LogP contribution in [-0.4, -0.2) is 38.0 Å². The fourth-order valence-corrected chi connectivity index (χ4v) is 0.969. The molecule has 0 aromatic rings. The Morgan fingerprint density at radius 1 is 1.00 bits per heavy atom. The molecular formula is C10H21N3O2. The lowest BCUT2D eigenvalue weighted by atomic mass is 10.3. The number of amides is 2. The highest BCUT2D eigenvalue weighted by molar-refractivity contribution is 5.80. The molecule has 0 saturated carbocycles. The second kappa shape index (κ2) is 9.45. The smallest absolute Gasteiger partial charge is 0.233 e. The van der Waals surface area contributed by atoms with Gasteiger partial charge in [0.05, 0.1) is 6.54 Å². The Labute approximate surface area is 91.0 Å². The topological polar surface area (TPSA) is 70.2 Å². The van der Waals surface area contributed by atoms with E-state index in [-0.39, 0.29) is 11.8 Å². The summed E-state index contributed by atoms with van der Waals surface area (Å²) in [7, 11) is 0. The van der Waals surface area contributed by atoms with Crippen LogP contribution in [0.1, 0.15) is 26.7 Å². The number of likely N-dealkylation sites (N-methyl/N-ethyl adjacent to an activating group) is 1. The van der Waals surface area contributed by atoms with E-state index in [9.17, 15) is 9.59 Å². The molecule has 15 heavy (non-hydrogen) atoms. The van der Waals surface area contributed by atoms with Gasteiger partial charge in [-0.2, -0.15) is 0 Å². The molecule has 0 fully saturated rings. The predicted octanol–water partition coefficient (Wildman–Crippen LogP) is -0.372. The number of nitrogens with one attached hydrogen (secondary N) is 3. The minimum Gasteiger partial charge on any atom is -0.356 e. The minimum absolute atomic E-state index is 0.0133. The Morgan fingerprint density at radius 3 is 2.27 bits per heavy atom. The van der Waals surface area contributed by atoms with Gasteiger partial charge in [-0.3, -0.25) is 9.59 Å². The van der Waals surface area contributed by atoms with Gasteiger partial charge in [-0.1, -0.05) is 13.8 Å². The molecule has 5 nitrogen and oxygen atoms in total. The SMILES string of the molecule is CCCNC(=O)CCNC(=O)CNCC. The summed E-state index contributed by atoms with van der Waals surface area (Å²) >= 11 is 0. The van der Waals surface area contributed by atoms with Crippen molar-refractivity contribution in [3.63, 3.8) is 0 Å². The first kappa shape index (κ1) is 13.9. The second-order valence-electron chi connectivity index (χ2n) is 3.23. The highest BCUT2D eigenvalue weighted by atomic mass is 16.2. The number of hydrogen-bond acceptors (Lipinski definition) is 3. The van der Waals surface area contributed by atoms with Crippen LogP contribution in [0.3, 0.4) is 0 Å². The van der Waals surface area contributed by atoms with E-state index in [0.29, 0.717) is 26.1 Å². The molecule has 0 spiro atoms. The summed E-state index contributed by atoms with van der Waals surface area (Å²) in [5.41, 5.74) is 0. The Balaban J connectivity index is 3.36. The second-order valence-corrected chi connectivity index (χ2v) is 3.23. The lowest BCUT2D eigenvalue weighted by Crippen LogP contribution is -2.36. The van der Waals surface area contributed by atoms with Gasteiger partial charge in [0.25, 0.3) is 0 Å². The molecule has 2 amide bonds. The van der Waals surface area contributed by atoms with E-state index in [2.05, 4.69) is 16.0 Å². The van der Waals surface area contributed by atoms with Crippen LogP contribution >= 0.6 is 0 Å². The average molecular weight is 215 g/mol. The van der Waals surface area contributed by atoms with E-state index in [4.69, 9.17) is 0 Å². The molecule has 5 heteroatoms. The Bertz CT molecular complexity index is 175. The quantitative estimate of drug-likeness (QED) is 0.517. The van der Waals surface area contributed by atoms with Crippen LogP contribution in [0.15, 0.2) is 0 Å². The molecule has 0 rings (SSSR count). The molecule has 88 valence electrons. The molecule has 0 unspecified atom stereocenters. The molecule has 0 aromatic carbocycles. The summed E-state index contributed by atoms with van der Waals surface area (Å²) in [5, 5.41) is 8.31. The van der Waals surface area contributed by atoms with Gasteiger partial charge in [0.1, 0.15) is 0 Å². The molecule has 0 saturated heterocycles. The van der Waals surface area contributed by atoms with Crippen LogP contribution < -0.4 is 16.0 Å². The summed E-state index contributed by atoms with van der Waals surface area (Å²) in [4.78, 5) is 22.2. The Hall–Kier alpha value is -1.10. The summed E-state index contributed by atoms with van der Waals surface area (Å²) in [5.74, 6) is -0.0826. The Morgan fingerprint density at radius 2 is 1.67 bits per heavy atom. The predicted molar refractivity (Wildman–Crippen MR) is 59.5 cm³/mol. The van der Waals surface area contributed by atoms with Crippen molar-refractivity contribution in [3.8, 4) is 0 Å². The first-order chi connectivity index (χ1) is 7.20. The first-order valence-corrected chi connectivity index (χ1v) is 5.44. The zero-order chi connectivity index (χ0) is 11.5. The van der Waals surface area contributed by atoms with Gasteiger partial charge >= 0.3 is 0 Å². The van der Waals surface area contributed by atoms with Crippen LogP contribution in [0.4, 0.5) is 0 Å². The van der Waals surface area contributed by atoms with Crippen LogP contribution in [0.5, 0.6) is 0 Å². The maximum absolute atomic E-state index is 11.1. The zero-order valence-corrected chi connectivity index (χ0v) is 9.56. The monoisotopic (exact) mass is 215 g/mol. The fourth-order valence-electron chi connectivity index (χ4n) is 0.969. The third-order valence-corrected chi connectivity index (χ3v) is 1.78. The van der Waals surface area contributed by atoms with Gasteiger partial charge in [-0.05, 0) is 13.0 Å². The van der Waals surface area contributed by atoms with Gasteiger partial charge < -0.3 is 16.0 Å². The third kappa shape index (κ3) is 9.21. The molecule has 0 atom stereocenters. The lowest BCUT2D eigenvalue weighted by molar-refractivity contribution is -0.121. The van der Waals surface area contributed by atoms with Crippen LogP contribution in [-0.2, 0) is 9.59 Å². The van der Waals surface area contributed by atoms with Crippen molar-refractivity contribution in [1.29, 1.82) is 0 Å². The van der Waals surface area contributed by atoms with Gasteiger partial charge in [-0.15, -0.1) is 0 Å². The molecule has 0 radical (unpaired) electrons. The maximum atomic E-state index is 11.1. The molecule has 0 bridgehead atoms. The Kier molecular flexibility index (Phi) is 8.76. The first-order valence-electron chi connectivity index (χ1n) is 5.44. The highest BCUT2D eigenvalue weighted by Gasteiger charge is 2.02. The van der Waals surface area contributed by atoms with Crippen LogP contribution in [0.25, 0.3) is 0 Å². The van der Waals surface area contributed by atoms with Gasteiger partial charge in [0.15, 0.2) is 0 Å².